The lowest BCUT2D eigenvalue weighted by Crippen LogP contribution is -2.42. The summed E-state index contributed by atoms with van der Waals surface area (Å²) in [6.45, 7) is 13.5. The highest BCUT2D eigenvalue weighted by Gasteiger charge is 2.18. The Hall–Kier alpha value is -2.86. The summed E-state index contributed by atoms with van der Waals surface area (Å²) in [5, 5.41) is 0. The molecule has 226 valence electrons. The first-order valence-corrected chi connectivity index (χ1v) is 13.8. The Kier molecular flexibility index (Phi) is 17.7. The van der Waals surface area contributed by atoms with Crippen molar-refractivity contribution in [1.29, 1.82) is 0 Å². The number of carbonyl (C=O) groups is 2. The van der Waals surface area contributed by atoms with E-state index in [0.717, 1.165) is 18.6 Å². The zero-order chi connectivity index (χ0) is 30.8. The molecule has 11 heteroatoms. The normalized spacial score (nSPS) is 14.0. The minimum atomic E-state index is -1.13. The Labute approximate surface area is 247 Å². The summed E-state index contributed by atoms with van der Waals surface area (Å²) in [7, 11) is 0. The standard InChI is InChI=1S/C13H14F2O2.C11H19NO3.C6H3BrF2/c1-3-9(4-2)17-8-12(16)10-6-5-7-11(14)13(10)15;1-3-10(4-2)15-9-11(13)12-5-7-14-8-6-12;7-4-2-1-3-5(8)6(4)9/h3,5-7,9H,1,4,8H2,2H3;3,10H,1,4-9H2,2H3;1-3H. The van der Waals surface area contributed by atoms with Gasteiger partial charge in [-0.25, -0.2) is 17.6 Å². The second kappa shape index (κ2) is 20.1. The largest absolute Gasteiger partial charge is 0.378 e. The molecule has 1 aliphatic rings. The molecule has 0 aromatic heterocycles. The highest BCUT2D eigenvalue weighted by atomic mass is 79.9. The molecule has 1 aliphatic heterocycles. The highest BCUT2D eigenvalue weighted by molar-refractivity contribution is 9.10. The van der Waals surface area contributed by atoms with Gasteiger partial charge in [0.2, 0.25) is 5.91 Å². The van der Waals surface area contributed by atoms with Crippen LogP contribution in [0.15, 0.2) is 66.2 Å². The molecule has 0 N–H and O–H groups in total. The minimum absolute atomic E-state index is 0.0185. The fourth-order valence-electron chi connectivity index (χ4n) is 3.24. The van der Waals surface area contributed by atoms with E-state index in [4.69, 9.17) is 14.2 Å². The first-order chi connectivity index (χ1) is 19.6. The quantitative estimate of drug-likeness (QED) is 0.118. The van der Waals surface area contributed by atoms with E-state index in [9.17, 15) is 27.2 Å². The Morgan fingerprint density at radius 2 is 1.41 bits per heavy atom. The average molecular weight is 647 g/mol. The van der Waals surface area contributed by atoms with Gasteiger partial charge >= 0.3 is 0 Å². The molecule has 6 nitrogen and oxygen atoms in total. The molecule has 1 heterocycles. The Balaban J connectivity index is 0.000000321. The van der Waals surface area contributed by atoms with Crippen molar-refractivity contribution in [3.63, 3.8) is 0 Å². The van der Waals surface area contributed by atoms with Gasteiger partial charge in [0.15, 0.2) is 29.1 Å². The maximum Gasteiger partial charge on any atom is 0.248 e. The Morgan fingerprint density at radius 1 is 0.902 bits per heavy atom. The minimum Gasteiger partial charge on any atom is -0.378 e. The molecule has 3 rings (SSSR count). The summed E-state index contributed by atoms with van der Waals surface area (Å²) in [5.41, 5.74) is -0.288. The monoisotopic (exact) mass is 645 g/mol. The second-order valence-corrected chi connectivity index (χ2v) is 9.39. The SMILES string of the molecule is C=CC(CC)OCC(=O)N1CCOCC1.C=CC(CC)OCC(=O)c1cccc(F)c1F.Fc1cccc(Br)c1F. The van der Waals surface area contributed by atoms with Gasteiger partial charge < -0.3 is 19.1 Å². The van der Waals surface area contributed by atoms with Crippen LogP contribution in [0.2, 0.25) is 0 Å². The molecule has 2 aromatic rings. The van der Waals surface area contributed by atoms with E-state index in [1.807, 2.05) is 13.8 Å². The number of ketones is 1. The van der Waals surface area contributed by atoms with Crippen molar-refractivity contribution in [2.75, 3.05) is 39.5 Å². The summed E-state index contributed by atoms with van der Waals surface area (Å²) in [6, 6.07) is 7.43. The molecule has 1 saturated heterocycles. The van der Waals surface area contributed by atoms with E-state index in [1.54, 1.807) is 17.1 Å². The molecular weight excluding hydrogens is 610 g/mol. The third-order valence-corrected chi connectivity index (χ3v) is 6.31. The first-order valence-electron chi connectivity index (χ1n) is 13.0. The van der Waals surface area contributed by atoms with Crippen LogP contribution in [0, 0.1) is 23.3 Å². The number of hydrogen-bond donors (Lipinski definition) is 0. The summed E-state index contributed by atoms with van der Waals surface area (Å²) in [4.78, 5) is 25.0. The Morgan fingerprint density at radius 3 is 1.90 bits per heavy atom. The molecule has 1 fully saturated rings. The van der Waals surface area contributed by atoms with Crippen LogP contribution in [0.1, 0.15) is 37.0 Å². The molecular formula is C30H36BrF4NO5. The third kappa shape index (κ3) is 13.1. The molecule has 2 atom stereocenters. The fraction of sp³-hybridized carbons (Fsp3) is 0.400. The molecule has 0 saturated carbocycles. The van der Waals surface area contributed by atoms with Gasteiger partial charge in [-0.05, 0) is 53.0 Å². The van der Waals surface area contributed by atoms with Crippen molar-refractivity contribution >= 4 is 27.6 Å². The van der Waals surface area contributed by atoms with Crippen molar-refractivity contribution in [1.82, 2.24) is 4.90 Å². The van der Waals surface area contributed by atoms with Gasteiger partial charge in [0, 0.05) is 13.1 Å². The molecule has 41 heavy (non-hydrogen) atoms. The van der Waals surface area contributed by atoms with Crippen LogP contribution in [0.25, 0.3) is 0 Å². The number of carbonyl (C=O) groups excluding carboxylic acids is 2. The summed E-state index contributed by atoms with van der Waals surface area (Å²) >= 11 is 2.83. The van der Waals surface area contributed by atoms with E-state index >= 15 is 0 Å². The van der Waals surface area contributed by atoms with Crippen LogP contribution < -0.4 is 0 Å². The molecule has 1 amide bonds. The van der Waals surface area contributed by atoms with Crippen LogP contribution in [0.3, 0.4) is 0 Å². The van der Waals surface area contributed by atoms with Gasteiger partial charge in [-0.2, -0.15) is 0 Å². The van der Waals surface area contributed by atoms with E-state index in [1.165, 1.54) is 24.3 Å². The average Bonchev–Trinajstić information content (AvgIpc) is 2.99. The van der Waals surface area contributed by atoms with Crippen LogP contribution in [0.4, 0.5) is 17.6 Å². The topological polar surface area (TPSA) is 65.1 Å². The molecule has 0 bridgehead atoms. The van der Waals surface area contributed by atoms with Gasteiger partial charge in [-0.3, -0.25) is 9.59 Å². The number of amides is 1. The number of hydrogen-bond acceptors (Lipinski definition) is 5. The Bertz CT molecular complexity index is 1110. The van der Waals surface area contributed by atoms with Crippen molar-refractivity contribution in [2.24, 2.45) is 0 Å². The molecule has 2 aromatic carbocycles. The second-order valence-electron chi connectivity index (χ2n) is 8.54. The van der Waals surface area contributed by atoms with E-state index in [2.05, 4.69) is 29.1 Å². The lowest BCUT2D eigenvalue weighted by atomic mass is 10.1. The van der Waals surface area contributed by atoms with Gasteiger partial charge in [0.1, 0.15) is 13.2 Å². The molecule has 0 aliphatic carbocycles. The van der Waals surface area contributed by atoms with E-state index in [0.29, 0.717) is 32.7 Å². The number of halogens is 5. The predicted octanol–water partition coefficient (Wildman–Crippen LogP) is 6.68. The number of Topliss-reactive ketones (excluding diaryl/α,β-unsaturated/α-hetero) is 1. The van der Waals surface area contributed by atoms with Crippen molar-refractivity contribution < 1.29 is 41.4 Å². The number of benzene rings is 2. The first kappa shape index (κ1) is 36.2. The zero-order valence-corrected chi connectivity index (χ0v) is 24.8. The summed E-state index contributed by atoms with van der Waals surface area (Å²) in [6.07, 6.45) is 4.54. The smallest absolute Gasteiger partial charge is 0.248 e. The summed E-state index contributed by atoms with van der Waals surface area (Å²) in [5.74, 6) is -4.37. The van der Waals surface area contributed by atoms with Gasteiger partial charge in [-0.15, -0.1) is 13.2 Å². The maximum absolute atomic E-state index is 13.3. The van der Waals surface area contributed by atoms with Gasteiger partial charge in [0.05, 0.1) is 35.5 Å². The lowest BCUT2D eigenvalue weighted by molar-refractivity contribution is -0.141. The van der Waals surface area contributed by atoms with Gasteiger partial charge in [-0.1, -0.05) is 38.1 Å². The number of nitrogens with zero attached hydrogens (tertiary/aromatic N) is 1. The predicted molar refractivity (Wildman–Crippen MR) is 153 cm³/mol. The van der Waals surface area contributed by atoms with Crippen LogP contribution in [-0.4, -0.2) is 68.3 Å². The van der Waals surface area contributed by atoms with Crippen LogP contribution in [-0.2, 0) is 19.0 Å². The zero-order valence-electron chi connectivity index (χ0n) is 23.2. The van der Waals surface area contributed by atoms with Gasteiger partial charge in [0.25, 0.3) is 0 Å². The van der Waals surface area contributed by atoms with Crippen molar-refractivity contribution in [2.45, 2.75) is 38.9 Å². The summed E-state index contributed by atoms with van der Waals surface area (Å²) < 4.78 is 66.6. The number of ether oxygens (including phenoxy) is 3. The molecule has 2 unspecified atom stereocenters. The molecule has 0 radical (unpaired) electrons. The van der Waals surface area contributed by atoms with Crippen LogP contribution in [0.5, 0.6) is 0 Å². The van der Waals surface area contributed by atoms with Crippen molar-refractivity contribution in [3.8, 4) is 0 Å². The fourth-order valence-corrected chi connectivity index (χ4v) is 3.59. The van der Waals surface area contributed by atoms with Crippen LogP contribution >= 0.6 is 15.9 Å². The lowest BCUT2D eigenvalue weighted by Gasteiger charge is -2.27. The maximum atomic E-state index is 13.3. The van der Waals surface area contributed by atoms with E-state index in [-0.39, 0.29) is 41.4 Å². The van der Waals surface area contributed by atoms with Crippen molar-refractivity contribution in [3.05, 3.63) is 95.0 Å². The van der Waals surface area contributed by atoms with E-state index < -0.39 is 29.1 Å². The third-order valence-electron chi connectivity index (χ3n) is 5.70. The highest BCUT2D eigenvalue weighted by Crippen LogP contribution is 2.16. The molecule has 0 spiro atoms. The number of morpholine rings is 1. The number of rotatable bonds is 11.